The first-order valence-corrected chi connectivity index (χ1v) is 3.73. The van der Waals surface area contributed by atoms with Gasteiger partial charge in [0.05, 0.1) is 4.91 Å². The van der Waals surface area contributed by atoms with Gasteiger partial charge in [-0.1, -0.05) is 6.08 Å². The number of thioether (sulfide) groups is 1. The van der Waals surface area contributed by atoms with E-state index in [0.29, 0.717) is 0 Å². The molecule has 0 aliphatic carbocycles. The molecule has 1 heterocycles. The number of hydrogen-bond acceptors (Lipinski definition) is 4. The molecule has 0 saturated heterocycles. The van der Waals surface area contributed by atoms with Gasteiger partial charge < -0.3 is 5.11 Å². The van der Waals surface area contributed by atoms with Crippen molar-refractivity contribution in [2.24, 2.45) is 0 Å². The molecular formula is C5H5NO4S. The summed E-state index contributed by atoms with van der Waals surface area (Å²) in [4.78, 5) is 20.0. The first kappa shape index (κ1) is 8.06. The second-order valence-electron chi connectivity index (χ2n) is 1.97. The highest BCUT2D eigenvalue weighted by molar-refractivity contribution is 8.04. The zero-order chi connectivity index (χ0) is 8.43. The fourth-order valence-electron chi connectivity index (χ4n) is 0.717. The van der Waals surface area contributed by atoms with Crippen molar-refractivity contribution in [3.05, 3.63) is 21.1 Å². The maximum atomic E-state index is 10.3. The minimum atomic E-state index is -1.08. The largest absolute Gasteiger partial charge is 0.477 e. The Morgan fingerprint density at radius 1 is 1.91 bits per heavy atom. The standard InChI is InChI=1S/C5H5NO4S/c7-5(8)3-1-2-4(11-3)6(9)10/h1,4H,2H2,(H,7,8). The number of nitrogens with zero attached hydrogens (tertiary/aromatic N) is 1. The molecule has 5 nitrogen and oxygen atoms in total. The number of aliphatic carboxylic acids is 1. The van der Waals surface area contributed by atoms with Gasteiger partial charge in [0.2, 0.25) is 0 Å². The quantitative estimate of drug-likeness (QED) is 0.493. The molecule has 0 spiro atoms. The molecule has 1 aliphatic rings. The van der Waals surface area contributed by atoms with E-state index in [-0.39, 0.29) is 11.3 Å². The Morgan fingerprint density at radius 2 is 2.55 bits per heavy atom. The third kappa shape index (κ3) is 1.70. The molecule has 0 radical (unpaired) electrons. The monoisotopic (exact) mass is 175 g/mol. The van der Waals surface area contributed by atoms with Crippen LogP contribution < -0.4 is 0 Å². The van der Waals surface area contributed by atoms with Gasteiger partial charge in [0.25, 0.3) is 5.37 Å². The van der Waals surface area contributed by atoms with Crippen molar-refractivity contribution in [2.75, 3.05) is 0 Å². The second kappa shape index (κ2) is 2.91. The Kier molecular flexibility index (Phi) is 2.13. The Hall–Kier alpha value is -1.04. The molecular weight excluding hydrogens is 170 g/mol. The maximum absolute atomic E-state index is 10.3. The molecule has 0 fully saturated rings. The summed E-state index contributed by atoms with van der Waals surface area (Å²) in [5, 5.41) is 17.7. The first-order chi connectivity index (χ1) is 5.11. The van der Waals surface area contributed by atoms with Crippen LogP contribution in [0.5, 0.6) is 0 Å². The van der Waals surface area contributed by atoms with Gasteiger partial charge >= 0.3 is 5.97 Å². The Labute approximate surface area is 66.2 Å². The van der Waals surface area contributed by atoms with E-state index in [9.17, 15) is 14.9 Å². The number of carbonyl (C=O) groups is 1. The van der Waals surface area contributed by atoms with Gasteiger partial charge in [0, 0.05) is 11.3 Å². The summed E-state index contributed by atoms with van der Waals surface area (Å²) in [5.41, 5.74) is 0. The van der Waals surface area contributed by atoms with Crippen LogP contribution in [0.25, 0.3) is 0 Å². The number of carboxylic acid groups (broad SMARTS) is 1. The smallest absolute Gasteiger partial charge is 0.342 e. The van der Waals surface area contributed by atoms with Gasteiger partial charge in [-0.3, -0.25) is 10.1 Å². The maximum Gasteiger partial charge on any atom is 0.342 e. The molecule has 60 valence electrons. The van der Waals surface area contributed by atoms with Crippen molar-refractivity contribution < 1.29 is 14.8 Å². The molecule has 0 bridgehead atoms. The molecule has 1 N–H and O–H groups in total. The molecule has 1 atom stereocenters. The lowest BCUT2D eigenvalue weighted by Gasteiger charge is -1.97. The summed E-state index contributed by atoms with van der Waals surface area (Å²) in [6.07, 6.45) is 1.58. The normalized spacial score (nSPS) is 22.9. The van der Waals surface area contributed by atoms with Crippen molar-refractivity contribution in [3.63, 3.8) is 0 Å². The topological polar surface area (TPSA) is 80.4 Å². The Balaban J connectivity index is 2.56. The molecule has 0 saturated carbocycles. The van der Waals surface area contributed by atoms with Crippen LogP contribution in [-0.4, -0.2) is 21.4 Å². The zero-order valence-corrected chi connectivity index (χ0v) is 6.21. The lowest BCUT2D eigenvalue weighted by molar-refractivity contribution is -0.493. The summed E-state index contributed by atoms with van der Waals surface area (Å²) in [7, 11) is 0. The van der Waals surface area contributed by atoms with Crippen LogP contribution >= 0.6 is 11.8 Å². The van der Waals surface area contributed by atoms with Crippen LogP contribution in [0.4, 0.5) is 0 Å². The lowest BCUT2D eigenvalue weighted by Crippen LogP contribution is -2.11. The van der Waals surface area contributed by atoms with Crippen molar-refractivity contribution in [1.29, 1.82) is 0 Å². The van der Waals surface area contributed by atoms with E-state index in [4.69, 9.17) is 5.11 Å². The van der Waals surface area contributed by atoms with E-state index in [2.05, 4.69) is 0 Å². The van der Waals surface area contributed by atoms with Gasteiger partial charge in [-0.15, -0.1) is 0 Å². The molecule has 1 rings (SSSR count). The van der Waals surface area contributed by atoms with Crippen molar-refractivity contribution in [1.82, 2.24) is 0 Å². The number of nitro groups is 1. The zero-order valence-electron chi connectivity index (χ0n) is 5.39. The van der Waals surface area contributed by atoms with E-state index >= 15 is 0 Å². The highest BCUT2D eigenvalue weighted by atomic mass is 32.2. The van der Waals surface area contributed by atoms with Crippen LogP contribution in [0.3, 0.4) is 0 Å². The van der Waals surface area contributed by atoms with E-state index in [0.717, 1.165) is 11.8 Å². The molecule has 0 aromatic heterocycles. The van der Waals surface area contributed by atoms with Gasteiger partial charge in [0.1, 0.15) is 0 Å². The fraction of sp³-hybridized carbons (Fsp3) is 0.400. The van der Waals surface area contributed by atoms with Crippen molar-refractivity contribution in [3.8, 4) is 0 Å². The average molecular weight is 175 g/mol. The van der Waals surface area contributed by atoms with Gasteiger partial charge in [-0.2, -0.15) is 0 Å². The Bertz CT molecular complexity index is 237. The fourth-order valence-corrected chi connectivity index (χ4v) is 1.58. The summed E-state index contributed by atoms with van der Waals surface area (Å²) in [6, 6.07) is 0. The van der Waals surface area contributed by atoms with Crippen LogP contribution in [0.2, 0.25) is 0 Å². The van der Waals surface area contributed by atoms with E-state index in [1.165, 1.54) is 6.08 Å². The lowest BCUT2D eigenvalue weighted by atomic mass is 10.4. The Morgan fingerprint density at radius 3 is 2.82 bits per heavy atom. The third-order valence-electron chi connectivity index (χ3n) is 1.21. The highest BCUT2D eigenvalue weighted by Gasteiger charge is 2.30. The SMILES string of the molecule is O=C(O)C1=CCC([N+](=O)[O-])S1. The van der Waals surface area contributed by atoms with Crippen LogP contribution in [0.15, 0.2) is 11.0 Å². The van der Waals surface area contributed by atoms with Gasteiger partial charge in [-0.25, -0.2) is 4.79 Å². The minimum Gasteiger partial charge on any atom is -0.477 e. The first-order valence-electron chi connectivity index (χ1n) is 2.85. The number of hydrogen-bond donors (Lipinski definition) is 1. The van der Waals surface area contributed by atoms with Gasteiger partial charge in [-0.05, 0) is 11.8 Å². The number of rotatable bonds is 2. The number of carboxylic acids is 1. The summed E-state index contributed by atoms with van der Waals surface area (Å²) >= 11 is 0.789. The predicted molar refractivity (Wildman–Crippen MR) is 38.7 cm³/mol. The third-order valence-corrected chi connectivity index (χ3v) is 2.45. The average Bonchev–Trinajstić information content (AvgIpc) is 2.33. The second-order valence-corrected chi connectivity index (χ2v) is 3.19. The summed E-state index contributed by atoms with van der Waals surface area (Å²) < 4.78 is 0. The van der Waals surface area contributed by atoms with Gasteiger partial charge in [0.15, 0.2) is 0 Å². The van der Waals surface area contributed by atoms with Crippen LogP contribution in [0.1, 0.15) is 6.42 Å². The highest BCUT2D eigenvalue weighted by Crippen LogP contribution is 2.32. The summed E-state index contributed by atoms with van der Waals surface area (Å²) in [5.74, 6) is -1.08. The van der Waals surface area contributed by atoms with Crippen molar-refractivity contribution in [2.45, 2.75) is 11.8 Å². The summed E-state index contributed by atoms with van der Waals surface area (Å²) in [6.45, 7) is 0. The molecule has 1 unspecified atom stereocenters. The van der Waals surface area contributed by atoms with Crippen LogP contribution in [0, 0.1) is 10.1 Å². The van der Waals surface area contributed by atoms with E-state index in [1.807, 2.05) is 0 Å². The minimum absolute atomic E-state index is 0.0756. The molecule has 0 aromatic carbocycles. The van der Waals surface area contributed by atoms with E-state index < -0.39 is 16.3 Å². The van der Waals surface area contributed by atoms with Crippen LogP contribution in [-0.2, 0) is 4.79 Å². The molecule has 11 heavy (non-hydrogen) atoms. The van der Waals surface area contributed by atoms with E-state index in [1.54, 1.807) is 0 Å². The molecule has 0 amide bonds. The molecule has 6 heteroatoms. The molecule has 0 aromatic rings. The van der Waals surface area contributed by atoms with Crippen molar-refractivity contribution >= 4 is 17.7 Å². The molecule has 1 aliphatic heterocycles. The predicted octanol–water partition coefficient (Wildman–Crippen LogP) is 0.695.